The minimum atomic E-state index is 0.0362. The fourth-order valence-electron chi connectivity index (χ4n) is 3.87. The first-order valence-corrected chi connectivity index (χ1v) is 12.4. The summed E-state index contributed by atoms with van der Waals surface area (Å²) in [5, 5.41) is 0.696. The van der Waals surface area contributed by atoms with Crippen LogP contribution in [0.15, 0.2) is 60.7 Å². The standard InChI is InChI=1S/C27H25ClINO3/c1-3-13-30-24-8-6-5-7-21(24)22(27(30)31)14-19-15-23(29)26(25(16-19)32-4-2)33-17-18-9-11-20(28)12-10-18/h5-12,14-16H,3-4,13,17H2,1-2H3/b22-14-. The number of hydrogen-bond acceptors (Lipinski definition) is 3. The lowest BCUT2D eigenvalue weighted by atomic mass is 10.0. The number of benzene rings is 3. The van der Waals surface area contributed by atoms with E-state index in [1.165, 1.54) is 0 Å². The molecule has 1 aliphatic rings. The minimum absolute atomic E-state index is 0.0362. The van der Waals surface area contributed by atoms with Gasteiger partial charge in [0.1, 0.15) is 6.61 Å². The van der Waals surface area contributed by atoms with E-state index in [9.17, 15) is 4.79 Å². The van der Waals surface area contributed by atoms with Gasteiger partial charge in [0, 0.05) is 22.7 Å². The van der Waals surface area contributed by atoms with Crippen LogP contribution in [0.25, 0.3) is 11.6 Å². The molecule has 1 amide bonds. The Labute approximate surface area is 213 Å². The molecule has 0 N–H and O–H groups in total. The summed E-state index contributed by atoms with van der Waals surface area (Å²) in [6.45, 7) is 5.65. The Kier molecular flexibility index (Phi) is 7.60. The lowest BCUT2D eigenvalue weighted by molar-refractivity contribution is -0.113. The van der Waals surface area contributed by atoms with Crippen molar-refractivity contribution in [2.24, 2.45) is 0 Å². The number of para-hydroxylation sites is 1. The first-order valence-electron chi connectivity index (χ1n) is 11.0. The predicted molar refractivity (Wildman–Crippen MR) is 143 cm³/mol. The second-order valence-corrected chi connectivity index (χ2v) is 9.31. The molecule has 0 radical (unpaired) electrons. The molecule has 0 aliphatic carbocycles. The van der Waals surface area contributed by atoms with Crippen molar-refractivity contribution in [3.8, 4) is 11.5 Å². The van der Waals surface area contributed by atoms with Gasteiger partial charge in [0.25, 0.3) is 5.91 Å². The molecule has 170 valence electrons. The molecule has 3 aromatic carbocycles. The average Bonchev–Trinajstić information content (AvgIpc) is 3.06. The Morgan fingerprint density at radius 2 is 1.79 bits per heavy atom. The Morgan fingerprint density at radius 1 is 1.03 bits per heavy atom. The third kappa shape index (κ3) is 5.20. The van der Waals surface area contributed by atoms with E-state index in [2.05, 4.69) is 29.5 Å². The zero-order chi connectivity index (χ0) is 23.4. The number of ether oxygens (including phenoxy) is 2. The van der Waals surface area contributed by atoms with Gasteiger partial charge >= 0.3 is 0 Å². The maximum Gasteiger partial charge on any atom is 0.258 e. The molecular weight excluding hydrogens is 549 g/mol. The average molecular weight is 574 g/mol. The fraction of sp³-hybridized carbons (Fsp3) is 0.222. The number of fused-ring (bicyclic) bond motifs is 1. The smallest absolute Gasteiger partial charge is 0.258 e. The Bertz CT molecular complexity index is 1190. The highest BCUT2D eigenvalue weighted by Crippen LogP contribution is 2.40. The zero-order valence-electron chi connectivity index (χ0n) is 18.6. The number of amides is 1. The normalized spacial score (nSPS) is 14.0. The summed E-state index contributed by atoms with van der Waals surface area (Å²) in [4.78, 5) is 15.1. The highest BCUT2D eigenvalue weighted by Gasteiger charge is 2.31. The molecule has 0 saturated heterocycles. The topological polar surface area (TPSA) is 38.8 Å². The molecular formula is C27H25ClINO3. The van der Waals surface area contributed by atoms with Gasteiger partial charge in [-0.15, -0.1) is 0 Å². The molecule has 6 heteroatoms. The molecule has 3 aromatic rings. The summed E-state index contributed by atoms with van der Waals surface area (Å²) in [6, 6.07) is 19.5. The second kappa shape index (κ2) is 10.6. The monoisotopic (exact) mass is 573 g/mol. The van der Waals surface area contributed by atoms with Crippen LogP contribution in [0.2, 0.25) is 5.02 Å². The summed E-state index contributed by atoms with van der Waals surface area (Å²) in [5.74, 6) is 1.39. The number of halogens is 2. The zero-order valence-corrected chi connectivity index (χ0v) is 21.5. The van der Waals surface area contributed by atoms with Crippen molar-refractivity contribution in [1.82, 2.24) is 0 Å². The lowest BCUT2D eigenvalue weighted by Gasteiger charge is -2.16. The molecule has 0 saturated carbocycles. The second-order valence-electron chi connectivity index (χ2n) is 7.71. The Hall–Kier alpha value is -2.51. The van der Waals surface area contributed by atoms with Gasteiger partial charge in [-0.2, -0.15) is 0 Å². The summed E-state index contributed by atoms with van der Waals surface area (Å²) >= 11 is 8.24. The largest absolute Gasteiger partial charge is 0.490 e. The van der Waals surface area contributed by atoms with E-state index in [0.29, 0.717) is 41.9 Å². The number of anilines is 1. The number of carbonyl (C=O) groups excluding carboxylic acids is 1. The van der Waals surface area contributed by atoms with E-state index in [1.54, 1.807) is 0 Å². The van der Waals surface area contributed by atoms with E-state index in [-0.39, 0.29) is 5.91 Å². The van der Waals surface area contributed by atoms with Crippen LogP contribution >= 0.6 is 34.2 Å². The Balaban J connectivity index is 1.67. The molecule has 0 aromatic heterocycles. The molecule has 4 rings (SSSR count). The first-order chi connectivity index (χ1) is 16.0. The van der Waals surface area contributed by atoms with Crippen LogP contribution in [-0.2, 0) is 11.4 Å². The lowest BCUT2D eigenvalue weighted by Crippen LogP contribution is -2.26. The van der Waals surface area contributed by atoms with Crippen molar-refractivity contribution < 1.29 is 14.3 Å². The molecule has 33 heavy (non-hydrogen) atoms. The SMILES string of the molecule is CCCN1C(=O)/C(=C\c2cc(I)c(OCc3ccc(Cl)cc3)c(OCC)c2)c2ccccc21. The number of carbonyl (C=O) groups is 1. The summed E-state index contributed by atoms with van der Waals surface area (Å²) in [6.07, 6.45) is 2.85. The van der Waals surface area contributed by atoms with Crippen LogP contribution < -0.4 is 14.4 Å². The van der Waals surface area contributed by atoms with Crippen molar-refractivity contribution in [3.05, 3.63) is 85.9 Å². The number of hydrogen-bond donors (Lipinski definition) is 0. The molecule has 0 atom stereocenters. The van der Waals surface area contributed by atoms with E-state index >= 15 is 0 Å². The summed E-state index contributed by atoms with van der Waals surface area (Å²) in [5.41, 5.74) is 4.56. The van der Waals surface area contributed by atoms with Crippen molar-refractivity contribution in [3.63, 3.8) is 0 Å². The van der Waals surface area contributed by atoms with Crippen molar-refractivity contribution >= 4 is 57.4 Å². The van der Waals surface area contributed by atoms with E-state index < -0.39 is 0 Å². The van der Waals surface area contributed by atoms with E-state index in [4.69, 9.17) is 21.1 Å². The molecule has 1 aliphatic heterocycles. The molecule has 4 nitrogen and oxygen atoms in total. The van der Waals surface area contributed by atoms with Gasteiger partial charge < -0.3 is 14.4 Å². The summed E-state index contributed by atoms with van der Waals surface area (Å²) < 4.78 is 13.0. The van der Waals surface area contributed by atoms with Gasteiger partial charge in [0.15, 0.2) is 11.5 Å². The van der Waals surface area contributed by atoms with Gasteiger partial charge in [-0.3, -0.25) is 4.79 Å². The quantitative estimate of drug-likeness (QED) is 0.211. The van der Waals surface area contributed by atoms with E-state index in [0.717, 1.165) is 32.4 Å². The highest BCUT2D eigenvalue weighted by atomic mass is 127. The molecule has 0 fully saturated rings. The fourth-order valence-corrected chi connectivity index (χ4v) is 4.78. The van der Waals surface area contributed by atoms with E-state index in [1.807, 2.05) is 78.6 Å². The maximum absolute atomic E-state index is 13.2. The van der Waals surface area contributed by atoms with Crippen LogP contribution in [0, 0.1) is 3.57 Å². The van der Waals surface area contributed by atoms with Gasteiger partial charge in [-0.25, -0.2) is 0 Å². The van der Waals surface area contributed by atoms with Crippen LogP contribution in [0.4, 0.5) is 5.69 Å². The van der Waals surface area contributed by atoms with Crippen molar-refractivity contribution in [2.45, 2.75) is 26.9 Å². The van der Waals surface area contributed by atoms with Crippen molar-refractivity contribution in [2.75, 3.05) is 18.1 Å². The molecule has 0 unspecified atom stereocenters. The Morgan fingerprint density at radius 3 is 2.52 bits per heavy atom. The third-order valence-electron chi connectivity index (χ3n) is 5.35. The van der Waals surface area contributed by atoms with Gasteiger partial charge in [-0.05, 0) is 83.5 Å². The number of rotatable bonds is 8. The van der Waals surface area contributed by atoms with Gasteiger partial charge in [0.2, 0.25) is 0 Å². The van der Waals surface area contributed by atoms with Crippen molar-refractivity contribution in [1.29, 1.82) is 0 Å². The molecule has 0 bridgehead atoms. The third-order valence-corrected chi connectivity index (χ3v) is 6.40. The van der Waals surface area contributed by atoms with Crippen LogP contribution in [-0.4, -0.2) is 19.1 Å². The molecule has 1 heterocycles. The van der Waals surface area contributed by atoms with Gasteiger partial charge in [0.05, 0.1) is 15.9 Å². The molecule has 0 spiro atoms. The summed E-state index contributed by atoms with van der Waals surface area (Å²) in [7, 11) is 0. The predicted octanol–water partition coefficient (Wildman–Crippen LogP) is 7.22. The van der Waals surface area contributed by atoms with Crippen LogP contribution in [0.5, 0.6) is 11.5 Å². The minimum Gasteiger partial charge on any atom is -0.490 e. The van der Waals surface area contributed by atoms with Crippen LogP contribution in [0.1, 0.15) is 37.0 Å². The van der Waals surface area contributed by atoms with Crippen LogP contribution in [0.3, 0.4) is 0 Å². The first kappa shape index (κ1) is 23.6. The highest BCUT2D eigenvalue weighted by molar-refractivity contribution is 14.1. The maximum atomic E-state index is 13.2. The van der Waals surface area contributed by atoms with Gasteiger partial charge in [-0.1, -0.05) is 48.9 Å². The number of nitrogens with zero attached hydrogens (tertiary/aromatic N) is 1.